The van der Waals surface area contributed by atoms with Crippen molar-refractivity contribution in [2.75, 3.05) is 6.61 Å². The van der Waals surface area contributed by atoms with Gasteiger partial charge in [0.2, 0.25) is 0 Å². The molecule has 0 aromatic heterocycles. The number of benzene rings is 1. The van der Waals surface area contributed by atoms with Crippen molar-refractivity contribution in [1.82, 2.24) is 0 Å². The molecule has 1 atom stereocenters. The zero-order valence-corrected chi connectivity index (χ0v) is 12.1. The van der Waals surface area contributed by atoms with Crippen molar-refractivity contribution in [2.45, 2.75) is 18.8 Å². The summed E-state index contributed by atoms with van der Waals surface area (Å²) < 4.78 is 42.2. The first kappa shape index (κ1) is 15.7. The van der Waals surface area contributed by atoms with E-state index in [9.17, 15) is 13.2 Å². The first-order chi connectivity index (χ1) is 8.25. The second-order valence-corrected chi connectivity index (χ2v) is 5.17. The lowest BCUT2D eigenvalue weighted by atomic mass is 10.2. The van der Waals surface area contributed by atoms with E-state index in [1.165, 1.54) is 0 Å². The number of alkyl halides is 3. The summed E-state index contributed by atoms with van der Waals surface area (Å²) in [5.74, 6) is 0.190. The third kappa shape index (κ3) is 4.11. The van der Waals surface area contributed by atoms with Crippen molar-refractivity contribution in [1.29, 1.82) is 0 Å². The molecule has 1 rings (SSSR count). The van der Waals surface area contributed by atoms with Crippen LogP contribution in [0.1, 0.15) is 5.56 Å². The fraction of sp³-hybridized carbons (Fsp3) is 0.400. The molecule has 0 aliphatic carbocycles. The SMILES string of the molecule is NCc1cc(Br)c(OCC(O)C(F)(F)F)c(Br)c1. The van der Waals surface area contributed by atoms with Crippen molar-refractivity contribution >= 4 is 31.9 Å². The summed E-state index contributed by atoms with van der Waals surface area (Å²) >= 11 is 6.33. The van der Waals surface area contributed by atoms with Gasteiger partial charge in [0.05, 0.1) is 8.95 Å². The Bertz CT molecular complexity index is 403. The zero-order valence-electron chi connectivity index (χ0n) is 8.97. The highest BCUT2D eigenvalue weighted by molar-refractivity contribution is 9.11. The fourth-order valence-electron chi connectivity index (χ4n) is 1.12. The molecular weight excluding hydrogens is 383 g/mol. The topological polar surface area (TPSA) is 55.5 Å². The van der Waals surface area contributed by atoms with Gasteiger partial charge in [-0.05, 0) is 49.6 Å². The monoisotopic (exact) mass is 391 g/mol. The van der Waals surface area contributed by atoms with Crippen molar-refractivity contribution in [3.05, 3.63) is 26.6 Å². The standard InChI is InChI=1S/C10H10Br2F3NO2/c11-6-1-5(3-16)2-7(12)9(6)18-4-8(17)10(13,14)15/h1-2,8,17H,3-4,16H2. The molecule has 1 unspecified atom stereocenters. The maximum Gasteiger partial charge on any atom is 0.417 e. The van der Waals surface area contributed by atoms with Crippen molar-refractivity contribution < 1.29 is 23.0 Å². The van der Waals surface area contributed by atoms with Crippen LogP contribution in [-0.2, 0) is 6.54 Å². The smallest absolute Gasteiger partial charge is 0.417 e. The maximum atomic E-state index is 12.1. The average molecular weight is 393 g/mol. The predicted octanol–water partition coefficient (Wildman–Crippen LogP) is 2.97. The van der Waals surface area contributed by atoms with E-state index in [4.69, 9.17) is 15.6 Å². The van der Waals surface area contributed by atoms with Crippen LogP contribution in [0.3, 0.4) is 0 Å². The van der Waals surface area contributed by atoms with Gasteiger partial charge >= 0.3 is 6.18 Å². The van der Waals surface area contributed by atoms with E-state index in [0.29, 0.717) is 15.5 Å². The summed E-state index contributed by atoms with van der Waals surface area (Å²) in [5, 5.41) is 8.83. The van der Waals surface area contributed by atoms with E-state index in [1.54, 1.807) is 12.1 Å². The molecule has 0 amide bonds. The second kappa shape index (κ2) is 6.23. The minimum absolute atomic E-state index is 0.190. The Morgan fingerprint density at radius 3 is 2.17 bits per heavy atom. The molecule has 0 spiro atoms. The van der Waals surface area contributed by atoms with Crippen molar-refractivity contribution in [3.8, 4) is 5.75 Å². The first-order valence-electron chi connectivity index (χ1n) is 4.81. The summed E-state index contributed by atoms with van der Waals surface area (Å²) in [7, 11) is 0. The summed E-state index contributed by atoms with van der Waals surface area (Å²) in [6.45, 7) is -0.578. The Kier molecular flexibility index (Phi) is 5.45. The third-order valence-electron chi connectivity index (χ3n) is 2.06. The quantitative estimate of drug-likeness (QED) is 0.828. The van der Waals surface area contributed by atoms with Gasteiger partial charge in [0.1, 0.15) is 12.4 Å². The Morgan fingerprint density at radius 1 is 1.28 bits per heavy atom. The van der Waals surface area contributed by atoms with Gasteiger partial charge in [0.25, 0.3) is 0 Å². The normalized spacial score (nSPS) is 13.5. The van der Waals surface area contributed by atoms with E-state index in [-0.39, 0.29) is 5.75 Å². The molecule has 0 bridgehead atoms. The number of ether oxygens (including phenoxy) is 1. The van der Waals surface area contributed by atoms with Crippen LogP contribution < -0.4 is 10.5 Å². The minimum Gasteiger partial charge on any atom is -0.488 e. The lowest BCUT2D eigenvalue weighted by molar-refractivity contribution is -0.210. The minimum atomic E-state index is -4.70. The van der Waals surface area contributed by atoms with Crippen LogP contribution >= 0.6 is 31.9 Å². The molecule has 0 saturated carbocycles. The Balaban J connectivity index is 2.80. The van der Waals surface area contributed by atoms with Gasteiger partial charge in [-0.3, -0.25) is 0 Å². The Morgan fingerprint density at radius 2 is 1.78 bits per heavy atom. The van der Waals surface area contributed by atoms with Crippen LogP contribution in [0.4, 0.5) is 13.2 Å². The summed E-state index contributed by atoms with van der Waals surface area (Å²) in [6, 6.07) is 3.28. The molecule has 0 saturated heterocycles. The first-order valence-corrected chi connectivity index (χ1v) is 6.40. The molecule has 1 aromatic carbocycles. The van der Waals surface area contributed by atoms with Crippen LogP contribution in [0.25, 0.3) is 0 Å². The molecule has 0 radical (unpaired) electrons. The highest BCUT2D eigenvalue weighted by Gasteiger charge is 2.38. The molecular formula is C10H10Br2F3NO2. The summed E-state index contributed by atoms with van der Waals surface area (Å²) in [6.07, 6.45) is -7.22. The van der Waals surface area contributed by atoms with Crippen molar-refractivity contribution in [3.63, 3.8) is 0 Å². The summed E-state index contributed by atoms with van der Waals surface area (Å²) in [4.78, 5) is 0. The molecule has 102 valence electrons. The number of hydrogen-bond acceptors (Lipinski definition) is 3. The van der Waals surface area contributed by atoms with E-state index < -0.39 is 18.9 Å². The Labute approximate surface area is 118 Å². The molecule has 0 fully saturated rings. The van der Waals surface area contributed by atoms with Crippen LogP contribution in [0, 0.1) is 0 Å². The van der Waals surface area contributed by atoms with E-state index in [1.807, 2.05) is 0 Å². The average Bonchev–Trinajstić information content (AvgIpc) is 2.25. The van der Waals surface area contributed by atoms with Crippen molar-refractivity contribution in [2.24, 2.45) is 5.73 Å². The van der Waals surface area contributed by atoms with Gasteiger partial charge in [-0.15, -0.1) is 0 Å². The number of aliphatic hydroxyl groups excluding tert-OH is 1. The van der Waals surface area contributed by atoms with Crippen LogP contribution in [0.2, 0.25) is 0 Å². The van der Waals surface area contributed by atoms with E-state index in [2.05, 4.69) is 31.9 Å². The molecule has 0 aliphatic rings. The molecule has 1 aromatic rings. The van der Waals surface area contributed by atoms with E-state index in [0.717, 1.165) is 5.56 Å². The van der Waals surface area contributed by atoms with Gasteiger partial charge in [-0.2, -0.15) is 13.2 Å². The predicted molar refractivity (Wildman–Crippen MR) is 67.3 cm³/mol. The molecule has 3 N–H and O–H groups in total. The van der Waals surface area contributed by atoms with Crippen LogP contribution in [0.15, 0.2) is 21.1 Å². The van der Waals surface area contributed by atoms with Gasteiger partial charge in [-0.1, -0.05) is 0 Å². The number of halogens is 5. The summed E-state index contributed by atoms with van der Waals surface area (Å²) in [5.41, 5.74) is 6.24. The molecule has 0 heterocycles. The zero-order chi connectivity index (χ0) is 13.9. The van der Waals surface area contributed by atoms with Gasteiger partial charge in [0.15, 0.2) is 6.10 Å². The number of nitrogens with two attached hydrogens (primary N) is 1. The lowest BCUT2D eigenvalue weighted by Crippen LogP contribution is -2.34. The van der Waals surface area contributed by atoms with Crippen LogP contribution in [0.5, 0.6) is 5.75 Å². The number of aliphatic hydroxyl groups is 1. The molecule has 0 aliphatic heterocycles. The molecule has 8 heteroatoms. The highest BCUT2D eigenvalue weighted by atomic mass is 79.9. The lowest BCUT2D eigenvalue weighted by Gasteiger charge is -2.17. The second-order valence-electron chi connectivity index (χ2n) is 3.46. The van der Waals surface area contributed by atoms with Crippen LogP contribution in [-0.4, -0.2) is 24.0 Å². The largest absolute Gasteiger partial charge is 0.488 e. The molecule has 3 nitrogen and oxygen atoms in total. The number of rotatable bonds is 4. The van der Waals surface area contributed by atoms with Gasteiger partial charge in [-0.25, -0.2) is 0 Å². The van der Waals surface area contributed by atoms with Gasteiger partial charge < -0.3 is 15.6 Å². The van der Waals surface area contributed by atoms with Gasteiger partial charge in [0, 0.05) is 6.54 Å². The number of hydrogen-bond donors (Lipinski definition) is 2. The third-order valence-corrected chi connectivity index (χ3v) is 3.24. The fourth-order valence-corrected chi connectivity index (χ4v) is 2.64. The highest BCUT2D eigenvalue weighted by Crippen LogP contribution is 2.35. The maximum absolute atomic E-state index is 12.1. The molecule has 18 heavy (non-hydrogen) atoms. The Hall–Kier alpha value is -0.310. The van der Waals surface area contributed by atoms with E-state index >= 15 is 0 Å².